The van der Waals surface area contributed by atoms with Crippen molar-refractivity contribution in [3.63, 3.8) is 0 Å². The van der Waals surface area contributed by atoms with Crippen LogP contribution in [0.25, 0.3) is 0 Å². The van der Waals surface area contributed by atoms with E-state index in [0.717, 1.165) is 12.8 Å². The van der Waals surface area contributed by atoms with Gasteiger partial charge >= 0.3 is 0 Å². The van der Waals surface area contributed by atoms with E-state index in [-0.39, 0.29) is 17.4 Å². The van der Waals surface area contributed by atoms with E-state index in [2.05, 4.69) is 57.2 Å². The molecule has 0 aromatic carbocycles. The number of nitrogens with one attached hydrogen (secondary N) is 2. The summed E-state index contributed by atoms with van der Waals surface area (Å²) in [5.74, 6) is 0.741. The lowest BCUT2D eigenvalue weighted by molar-refractivity contribution is 0.418. The first-order chi connectivity index (χ1) is 9.73. The molecule has 1 aromatic rings. The van der Waals surface area contributed by atoms with Crippen LogP contribution in [-0.2, 0) is 6.54 Å². The van der Waals surface area contributed by atoms with E-state index in [1.807, 2.05) is 0 Å². The Morgan fingerprint density at radius 3 is 2.52 bits per heavy atom. The zero-order chi connectivity index (χ0) is 16.0. The number of nitrogens with zero attached hydrogens (tertiary/aromatic N) is 1. The van der Waals surface area contributed by atoms with E-state index in [1.54, 1.807) is 12.3 Å². The number of aromatic nitrogens is 1. The predicted octanol–water partition coefficient (Wildman–Crippen LogP) is 4.35. The maximum atomic E-state index is 14.5. The van der Waals surface area contributed by atoms with Crippen LogP contribution >= 0.6 is 0 Å². The first-order valence-corrected chi connectivity index (χ1v) is 7.88. The van der Waals surface area contributed by atoms with E-state index in [9.17, 15) is 4.39 Å². The lowest BCUT2D eigenvalue weighted by atomic mass is 10.0. The first-order valence-electron chi connectivity index (χ1n) is 7.88. The van der Waals surface area contributed by atoms with Gasteiger partial charge in [-0.15, -0.1) is 0 Å². The van der Waals surface area contributed by atoms with Crippen molar-refractivity contribution in [1.82, 2.24) is 10.3 Å². The SMILES string of the molecule is CCC(C)CC(C)Nc1nccc(CNC(C)(C)C)c1F. The van der Waals surface area contributed by atoms with Crippen LogP contribution in [0.4, 0.5) is 10.2 Å². The summed E-state index contributed by atoms with van der Waals surface area (Å²) in [5, 5.41) is 6.50. The molecule has 3 nitrogen and oxygen atoms in total. The molecular weight excluding hydrogens is 265 g/mol. The minimum atomic E-state index is -0.245. The highest BCUT2D eigenvalue weighted by Gasteiger charge is 2.15. The van der Waals surface area contributed by atoms with E-state index in [1.165, 1.54) is 0 Å². The van der Waals surface area contributed by atoms with Crippen LogP contribution in [-0.4, -0.2) is 16.6 Å². The molecule has 0 radical (unpaired) electrons. The summed E-state index contributed by atoms with van der Waals surface area (Å²) in [4.78, 5) is 4.14. The molecule has 120 valence electrons. The van der Waals surface area contributed by atoms with Crippen LogP contribution in [0.15, 0.2) is 12.3 Å². The molecule has 1 heterocycles. The molecule has 0 amide bonds. The van der Waals surface area contributed by atoms with Gasteiger partial charge in [-0.3, -0.25) is 0 Å². The molecule has 2 unspecified atom stereocenters. The summed E-state index contributed by atoms with van der Waals surface area (Å²) in [7, 11) is 0. The van der Waals surface area contributed by atoms with Gasteiger partial charge in [0.1, 0.15) is 0 Å². The number of hydrogen-bond donors (Lipinski definition) is 2. The predicted molar refractivity (Wildman–Crippen MR) is 87.9 cm³/mol. The third-order valence-electron chi connectivity index (χ3n) is 3.61. The summed E-state index contributed by atoms with van der Waals surface area (Å²) in [6, 6.07) is 1.95. The van der Waals surface area contributed by atoms with Crippen molar-refractivity contribution in [2.45, 2.75) is 72.5 Å². The van der Waals surface area contributed by atoms with Crippen LogP contribution in [0.3, 0.4) is 0 Å². The fourth-order valence-electron chi connectivity index (χ4n) is 2.14. The molecule has 2 atom stereocenters. The highest BCUT2D eigenvalue weighted by Crippen LogP contribution is 2.19. The molecule has 0 saturated carbocycles. The van der Waals surface area contributed by atoms with Gasteiger partial charge in [-0.05, 0) is 46.1 Å². The summed E-state index contributed by atoms with van der Waals surface area (Å²) >= 11 is 0. The Kier molecular flexibility index (Phi) is 6.59. The van der Waals surface area contributed by atoms with Crippen molar-refractivity contribution >= 4 is 5.82 Å². The molecule has 0 bridgehead atoms. The largest absolute Gasteiger partial charge is 0.365 e. The average Bonchev–Trinajstić information content (AvgIpc) is 2.38. The summed E-state index contributed by atoms with van der Waals surface area (Å²) in [5.41, 5.74) is 0.617. The fourth-order valence-corrected chi connectivity index (χ4v) is 2.14. The van der Waals surface area contributed by atoms with Crippen molar-refractivity contribution in [3.8, 4) is 0 Å². The van der Waals surface area contributed by atoms with Crippen LogP contribution in [0.2, 0.25) is 0 Å². The second-order valence-corrected chi connectivity index (χ2v) is 7.03. The topological polar surface area (TPSA) is 37.0 Å². The summed E-state index contributed by atoms with van der Waals surface area (Å²) in [6.45, 7) is 13.2. The Balaban J connectivity index is 2.71. The molecule has 2 N–H and O–H groups in total. The highest BCUT2D eigenvalue weighted by atomic mass is 19.1. The molecule has 0 aliphatic heterocycles. The van der Waals surface area contributed by atoms with Gasteiger partial charge in [-0.1, -0.05) is 20.3 Å². The lowest BCUT2D eigenvalue weighted by Crippen LogP contribution is -2.35. The molecular formula is C17H30FN3. The Morgan fingerprint density at radius 2 is 1.95 bits per heavy atom. The fraction of sp³-hybridized carbons (Fsp3) is 0.706. The third-order valence-corrected chi connectivity index (χ3v) is 3.61. The van der Waals surface area contributed by atoms with Gasteiger partial charge in [-0.25, -0.2) is 9.37 Å². The minimum absolute atomic E-state index is 0.0346. The maximum Gasteiger partial charge on any atom is 0.169 e. The average molecular weight is 295 g/mol. The molecule has 0 saturated heterocycles. The third kappa shape index (κ3) is 6.42. The molecule has 0 fully saturated rings. The van der Waals surface area contributed by atoms with Gasteiger partial charge in [0.15, 0.2) is 11.6 Å². The Bertz CT molecular complexity index is 440. The first kappa shape index (κ1) is 17.9. The second kappa shape index (κ2) is 7.74. The number of rotatable bonds is 7. The Morgan fingerprint density at radius 1 is 1.29 bits per heavy atom. The van der Waals surface area contributed by atoms with Crippen molar-refractivity contribution in [3.05, 3.63) is 23.6 Å². The van der Waals surface area contributed by atoms with Crippen LogP contribution in [0, 0.1) is 11.7 Å². The smallest absolute Gasteiger partial charge is 0.169 e. The standard InChI is InChI=1S/C17H30FN3/c1-7-12(2)10-13(3)21-16-15(18)14(8-9-19-16)11-20-17(4,5)6/h8-9,12-13,20H,7,10-11H2,1-6H3,(H,19,21). The zero-order valence-electron chi connectivity index (χ0n) is 14.3. The van der Waals surface area contributed by atoms with Crippen molar-refractivity contribution in [1.29, 1.82) is 0 Å². The van der Waals surface area contributed by atoms with Crippen LogP contribution < -0.4 is 10.6 Å². The number of hydrogen-bond acceptors (Lipinski definition) is 3. The van der Waals surface area contributed by atoms with Crippen molar-refractivity contribution < 1.29 is 4.39 Å². The minimum Gasteiger partial charge on any atom is -0.365 e. The van der Waals surface area contributed by atoms with Crippen LogP contribution in [0.1, 0.15) is 59.9 Å². The molecule has 0 aliphatic carbocycles. The van der Waals surface area contributed by atoms with Gasteiger partial charge in [0.2, 0.25) is 0 Å². The molecule has 1 rings (SSSR count). The highest BCUT2D eigenvalue weighted by molar-refractivity contribution is 5.40. The molecule has 4 heteroatoms. The maximum absolute atomic E-state index is 14.5. The monoisotopic (exact) mass is 295 g/mol. The van der Waals surface area contributed by atoms with Crippen LogP contribution in [0.5, 0.6) is 0 Å². The quantitative estimate of drug-likeness (QED) is 0.785. The van der Waals surface area contributed by atoms with Crippen molar-refractivity contribution in [2.24, 2.45) is 5.92 Å². The summed E-state index contributed by atoms with van der Waals surface area (Å²) < 4.78 is 14.5. The van der Waals surface area contributed by atoms with Gasteiger partial charge in [0.05, 0.1) is 0 Å². The molecule has 0 spiro atoms. The van der Waals surface area contributed by atoms with Gasteiger partial charge in [-0.2, -0.15) is 0 Å². The lowest BCUT2D eigenvalue weighted by Gasteiger charge is -2.22. The number of pyridine rings is 1. The van der Waals surface area contributed by atoms with E-state index in [0.29, 0.717) is 23.8 Å². The van der Waals surface area contributed by atoms with Gasteiger partial charge in [0, 0.05) is 29.9 Å². The zero-order valence-corrected chi connectivity index (χ0v) is 14.3. The Hall–Kier alpha value is -1.16. The molecule has 1 aromatic heterocycles. The van der Waals surface area contributed by atoms with Gasteiger partial charge in [0.25, 0.3) is 0 Å². The van der Waals surface area contributed by atoms with Gasteiger partial charge < -0.3 is 10.6 Å². The second-order valence-electron chi connectivity index (χ2n) is 7.03. The number of halogens is 1. The van der Waals surface area contributed by atoms with E-state index < -0.39 is 0 Å². The van der Waals surface area contributed by atoms with E-state index >= 15 is 0 Å². The molecule has 0 aliphatic rings. The normalized spacial score (nSPS) is 14.8. The summed E-state index contributed by atoms with van der Waals surface area (Å²) in [6.07, 6.45) is 3.82. The van der Waals surface area contributed by atoms with Crippen molar-refractivity contribution in [2.75, 3.05) is 5.32 Å². The van der Waals surface area contributed by atoms with E-state index in [4.69, 9.17) is 0 Å². The molecule has 21 heavy (non-hydrogen) atoms. The Labute approximate surface area is 128 Å². The number of anilines is 1.